The van der Waals surface area contributed by atoms with Crippen molar-refractivity contribution in [1.29, 1.82) is 0 Å². The maximum absolute atomic E-state index is 9.72. The summed E-state index contributed by atoms with van der Waals surface area (Å²) in [6.45, 7) is 2.00. The molecule has 1 aromatic rings. The summed E-state index contributed by atoms with van der Waals surface area (Å²) in [6.07, 6.45) is 1.15. The molecule has 0 amide bonds. The highest BCUT2D eigenvalue weighted by Gasteiger charge is 2.05. The number of nitrogens with zero attached hydrogens (tertiary/aromatic N) is 3. The van der Waals surface area contributed by atoms with Crippen molar-refractivity contribution in [2.45, 2.75) is 0 Å². The molecule has 0 aliphatic rings. The van der Waals surface area contributed by atoms with E-state index in [9.17, 15) is 10.1 Å². The lowest BCUT2D eigenvalue weighted by Gasteiger charge is -1.80. The Morgan fingerprint density at radius 2 is 2.30 bits per heavy atom. The molecule has 0 spiro atoms. The van der Waals surface area contributed by atoms with Crippen LogP contribution in [0.1, 0.15) is 0 Å². The van der Waals surface area contributed by atoms with E-state index >= 15 is 0 Å². The third kappa shape index (κ3) is 1.99. The first-order valence-corrected chi connectivity index (χ1v) is 2.10. The molecule has 7 nitrogen and oxygen atoms in total. The van der Waals surface area contributed by atoms with Crippen LogP contribution in [0.4, 0.5) is 5.95 Å². The van der Waals surface area contributed by atoms with Crippen LogP contribution in [-0.2, 0) is 4.79 Å². The molecule has 0 saturated heterocycles. The molecular formula is C3H4N4O3. The number of aromatic amines is 1. The van der Waals surface area contributed by atoms with Gasteiger partial charge in [-0.1, -0.05) is 4.98 Å². The van der Waals surface area contributed by atoms with Crippen LogP contribution in [0.5, 0.6) is 0 Å². The lowest BCUT2D eigenvalue weighted by molar-refractivity contribution is -0.394. The van der Waals surface area contributed by atoms with E-state index in [1.165, 1.54) is 0 Å². The predicted octanol–water partition coefficient (Wildman–Crippen LogP) is -0.472. The van der Waals surface area contributed by atoms with Gasteiger partial charge in [-0.05, 0) is 4.92 Å². The molecule has 0 aliphatic carbocycles. The van der Waals surface area contributed by atoms with E-state index in [4.69, 9.17) is 4.79 Å². The van der Waals surface area contributed by atoms with E-state index in [2.05, 4.69) is 15.2 Å². The van der Waals surface area contributed by atoms with Crippen LogP contribution in [0.15, 0.2) is 6.33 Å². The number of H-pyrrole nitrogens is 1. The van der Waals surface area contributed by atoms with E-state index in [1.807, 2.05) is 6.79 Å². The van der Waals surface area contributed by atoms with Crippen molar-refractivity contribution in [2.75, 3.05) is 0 Å². The second kappa shape index (κ2) is 4.13. The van der Waals surface area contributed by atoms with Crippen LogP contribution in [0.25, 0.3) is 0 Å². The van der Waals surface area contributed by atoms with Crippen LogP contribution < -0.4 is 0 Å². The number of hydrogen-bond acceptors (Lipinski definition) is 5. The minimum Gasteiger partial charge on any atom is -0.390 e. The number of nitrogens with one attached hydrogen (secondary N) is 1. The zero-order chi connectivity index (χ0) is 7.98. The zero-order valence-corrected chi connectivity index (χ0v) is 4.85. The van der Waals surface area contributed by atoms with E-state index < -0.39 is 10.9 Å². The Hall–Kier alpha value is -1.79. The molecule has 1 aromatic heterocycles. The molecule has 0 atom stereocenters. The van der Waals surface area contributed by atoms with Gasteiger partial charge < -0.3 is 14.9 Å². The van der Waals surface area contributed by atoms with Crippen LogP contribution >= 0.6 is 0 Å². The molecule has 0 aromatic carbocycles. The van der Waals surface area contributed by atoms with Crippen molar-refractivity contribution in [3.63, 3.8) is 0 Å². The smallest absolute Gasteiger partial charge is 0.390 e. The summed E-state index contributed by atoms with van der Waals surface area (Å²) in [5.74, 6) is -0.398. The fraction of sp³-hybridized carbons (Fsp3) is 0. The van der Waals surface area contributed by atoms with Crippen LogP contribution in [0.2, 0.25) is 0 Å². The van der Waals surface area contributed by atoms with E-state index in [0.29, 0.717) is 0 Å². The molecule has 0 saturated carbocycles. The average molecular weight is 144 g/mol. The van der Waals surface area contributed by atoms with Crippen molar-refractivity contribution in [3.8, 4) is 0 Å². The van der Waals surface area contributed by atoms with E-state index in [-0.39, 0.29) is 0 Å². The number of aromatic nitrogens is 3. The van der Waals surface area contributed by atoms with Gasteiger partial charge >= 0.3 is 5.95 Å². The molecule has 1 heterocycles. The second-order valence-electron chi connectivity index (χ2n) is 1.06. The molecule has 0 radical (unpaired) electrons. The fourth-order valence-corrected chi connectivity index (χ4v) is 0.290. The summed E-state index contributed by atoms with van der Waals surface area (Å²) in [6, 6.07) is 0. The van der Waals surface area contributed by atoms with Crippen LogP contribution in [0, 0.1) is 10.1 Å². The van der Waals surface area contributed by atoms with Crippen LogP contribution in [-0.4, -0.2) is 26.9 Å². The van der Waals surface area contributed by atoms with Crippen LogP contribution in [0.3, 0.4) is 0 Å². The average Bonchev–Trinajstić information content (AvgIpc) is 2.42. The summed E-state index contributed by atoms with van der Waals surface area (Å²) in [5, 5.41) is 15.1. The Balaban J connectivity index is 0.000000371. The van der Waals surface area contributed by atoms with Gasteiger partial charge in [0.2, 0.25) is 6.33 Å². The van der Waals surface area contributed by atoms with Gasteiger partial charge in [0.1, 0.15) is 6.79 Å². The lowest BCUT2D eigenvalue weighted by Crippen LogP contribution is -1.88. The first-order valence-electron chi connectivity index (χ1n) is 2.10. The van der Waals surface area contributed by atoms with E-state index in [0.717, 1.165) is 6.33 Å². The fourth-order valence-electron chi connectivity index (χ4n) is 0.290. The number of hydrogen-bond donors (Lipinski definition) is 1. The summed E-state index contributed by atoms with van der Waals surface area (Å²) in [7, 11) is 0. The van der Waals surface area contributed by atoms with Crippen molar-refractivity contribution in [1.82, 2.24) is 15.2 Å². The molecule has 10 heavy (non-hydrogen) atoms. The monoisotopic (exact) mass is 144 g/mol. The number of carbonyl (C=O) groups is 1. The maximum atomic E-state index is 9.72. The molecule has 1 N–H and O–H groups in total. The third-order valence-electron chi connectivity index (χ3n) is 0.566. The third-order valence-corrected chi connectivity index (χ3v) is 0.566. The maximum Gasteiger partial charge on any atom is 0.490 e. The molecule has 0 bridgehead atoms. The largest absolute Gasteiger partial charge is 0.490 e. The zero-order valence-electron chi connectivity index (χ0n) is 4.85. The summed E-state index contributed by atoms with van der Waals surface area (Å²) >= 11 is 0. The molecular weight excluding hydrogens is 140 g/mol. The Morgan fingerprint density at radius 3 is 2.50 bits per heavy atom. The van der Waals surface area contributed by atoms with Gasteiger partial charge in [-0.3, -0.25) is 0 Å². The second-order valence-corrected chi connectivity index (χ2v) is 1.06. The number of rotatable bonds is 1. The summed E-state index contributed by atoms with van der Waals surface area (Å²) in [4.78, 5) is 20.3. The molecule has 0 unspecified atom stereocenters. The Kier molecular flexibility index (Phi) is 3.39. The predicted molar refractivity (Wildman–Crippen MR) is 30.2 cm³/mol. The first kappa shape index (κ1) is 8.21. The van der Waals surface area contributed by atoms with E-state index in [1.54, 1.807) is 0 Å². The minimum absolute atomic E-state index is 0.398. The number of carbonyl (C=O) groups excluding carboxylic acids is 1. The van der Waals surface area contributed by atoms with Crippen molar-refractivity contribution < 1.29 is 9.72 Å². The topological polar surface area (TPSA) is 102 Å². The highest BCUT2D eigenvalue weighted by Crippen LogP contribution is 1.93. The molecule has 54 valence electrons. The molecule has 7 heteroatoms. The van der Waals surface area contributed by atoms with Crippen molar-refractivity contribution in [2.24, 2.45) is 0 Å². The number of nitro groups is 1. The highest BCUT2D eigenvalue weighted by atomic mass is 16.6. The molecule has 0 fully saturated rings. The lowest BCUT2D eigenvalue weighted by atomic mass is 11.1. The minimum atomic E-state index is -0.670. The van der Waals surface area contributed by atoms with Gasteiger partial charge in [-0.25, -0.2) is 0 Å². The van der Waals surface area contributed by atoms with Gasteiger partial charge in [0.05, 0.1) is 0 Å². The highest BCUT2D eigenvalue weighted by molar-refractivity contribution is 5.10. The first-order chi connectivity index (χ1) is 4.80. The summed E-state index contributed by atoms with van der Waals surface area (Å²) in [5.41, 5.74) is 0. The normalized spacial score (nSPS) is 7.60. The Morgan fingerprint density at radius 1 is 1.70 bits per heavy atom. The standard InChI is InChI=1S/C2H2N4O2.CH2O/c7-6(8)2-3-1-4-5-2;1-2/h1H,(H,3,4,5);1H2. The Bertz CT molecular complexity index is 196. The van der Waals surface area contributed by atoms with Crippen molar-refractivity contribution in [3.05, 3.63) is 16.4 Å². The molecule has 1 rings (SSSR count). The summed E-state index contributed by atoms with van der Waals surface area (Å²) < 4.78 is 0. The Labute approximate surface area is 55.2 Å². The quantitative estimate of drug-likeness (QED) is 0.424. The SMILES string of the molecule is C=O.O=[N+]([O-])c1nc[nH]n1. The van der Waals surface area contributed by atoms with Gasteiger partial charge in [-0.15, -0.1) is 0 Å². The van der Waals surface area contributed by atoms with Gasteiger partial charge in [0.25, 0.3) is 0 Å². The van der Waals surface area contributed by atoms with Crippen molar-refractivity contribution >= 4 is 12.7 Å². The van der Waals surface area contributed by atoms with Gasteiger partial charge in [0, 0.05) is 5.10 Å². The van der Waals surface area contributed by atoms with Gasteiger partial charge in [0.15, 0.2) is 0 Å². The molecule has 0 aliphatic heterocycles. The van der Waals surface area contributed by atoms with Gasteiger partial charge in [-0.2, -0.15) is 5.10 Å².